The normalized spacial score (nSPS) is 13.3. The fourth-order valence-corrected chi connectivity index (χ4v) is 6.66. The summed E-state index contributed by atoms with van der Waals surface area (Å²) in [5.41, 5.74) is 9.35. The first-order valence-corrected chi connectivity index (χ1v) is 17.1. The number of benzene rings is 4. The Balaban J connectivity index is 0.870. The van der Waals surface area contributed by atoms with Crippen molar-refractivity contribution >= 4 is 18.1 Å². The molecule has 4 aromatic carbocycles. The average Bonchev–Trinajstić information content (AvgIpc) is 3.85. The van der Waals surface area contributed by atoms with Crippen molar-refractivity contribution in [1.82, 2.24) is 30.5 Å². The number of alkyl carbamates (subject to hydrolysis) is 1. The van der Waals surface area contributed by atoms with Crippen molar-refractivity contribution in [1.29, 1.82) is 0 Å². The second-order valence-corrected chi connectivity index (χ2v) is 13.8. The lowest BCUT2D eigenvalue weighted by molar-refractivity contribution is 0.0241. The largest absolute Gasteiger partial charge is 0.449 e. The first kappa shape index (κ1) is 33.5. The van der Waals surface area contributed by atoms with Gasteiger partial charge in [-0.25, -0.2) is 14.3 Å². The lowest BCUT2D eigenvalue weighted by Crippen LogP contribution is -2.35. The van der Waals surface area contributed by atoms with Crippen LogP contribution in [0.2, 0.25) is 0 Å². The number of hydrogen-bond donors (Lipinski definition) is 2. The third kappa shape index (κ3) is 7.47. The first-order chi connectivity index (χ1) is 24.6. The highest BCUT2D eigenvalue weighted by atomic mass is 16.6. The van der Waals surface area contributed by atoms with Gasteiger partial charge in [0.1, 0.15) is 17.9 Å². The van der Waals surface area contributed by atoms with E-state index < -0.39 is 11.7 Å². The molecular formula is C40H40N6O5. The molecule has 11 heteroatoms. The number of fused-ring (bicyclic) bond motifs is 4. The maximum Gasteiger partial charge on any atom is 0.410 e. The number of aromatic nitrogens is 3. The molecule has 0 saturated carbocycles. The van der Waals surface area contributed by atoms with E-state index in [2.05, 4.69) is 45.2 Å². The van der Waals surface area contributed by atoms with Gasteiger partial charge >= 0.3 is 12.2 Å². The van der Waals surface area contributed by atoms with Crippen LogP contribution in [0, 0.1) is 0 Å². The Morgan fingerprint density at radius 2 is 1.51 bits per heavy atom. The van der Waals surface area contributed by atoms with Crippen LogP contribution in [0.3, 0.4) is 0 Å². The lowest BCUT2D eigenvalue weighted by atomic mass is 9.98. The van der Waals surface area contributed by atoms with Crippen molar-refractivity contribution in [2.75, 3.05) is 19.7 Å². The number of amides is 3. The maximum atomic E-state index is 12.8. The summed E-state index contributed by atoms with van der Waals surface area (Å²) in [6.45, 7) is 7.79. The Morgan fingerprint density at radius 3 is 2.22 bits per heavy atom. The molecule has 0 unspecified atom stereocenters. The third-order valence-electron chi connectivity index (χ3n) is 9.07. The Morgan fingerprint density at radius 1 is 0.824 bits per heavy atom. The fourth-order valence-electron chi connectivity index (χ4n) is 6.66. The molecule has 1 aliphatic heterocycles. The molecule has 3 amide bonds. The Labute approximate surface area is 296 Å². The SMILES string of the molecule is CC(C)(C)OC(=O)N1Cc2cccc(Cn3cc(-c4ccc(C(=O)NCCNC(=O)OCC5c6ccccc6-c6ccccc65)cc4)nn3)c2C1. The van der Waals surface area contributed by atoms with Gasteiger partial charge in [-0.15, -0.1) is 5.10 Å². The predicted octanol–water partition coefficient (Wildman–Crippen LogP) is 6.51. The van der Waals surface area contributed by atoms with Gasteiger partial charge in [0.2, 0.25) is 0 Å². The van der Waals surface area contributed by atoms with Crippen molar-refractivity contribution in [3.8, 4) is 22.4 Å². The summed E-state index contributed by atoms with van der Waals surface area (Å²) in [4.78, 5) is 39.6. The van der Waals surface area contributed by atoms with Crippen molar-refractivity contribution in [3.05, 3.63) is 131 Å². The number of rotatable bonds is 9. The molecule has 1 aliphatic carbocycles. The number of carbonyl (C=O) groups is 3. The Bertz CT molecular complexity index is 2040. The van der Waals surface area contributed by atoms with E-state index in [1.807, 2.05) is 81.6 Å². The summed E-state index contributed by atoms with van der Waals surface area (Å²) >= 11 is 0. The van der Waals surface area contributed by atoms with Gasteiger partial charge in [0, 0.05) is 36.7 Å². The highest BCUT2D eigenvalue weighted by Crippen LogP contribution is 2.44. The van der Waals surface area contributed by atoms with Gasteiger partial charge in [0.25, 0.3) is 5.91 Å². The molecule has 7 rings (SSSR count). The highest BCUT2D eigenvalue weighted by Gasteiger charge is 2.30. The van der Waals surface area contributed by atoms with Crippen molar-refractivity contribution in [2.24, 2.45) is 0 Å². The molecule has 260 valence electrons. The Hall–Kier alpha value is -5.97. The van der Waals surface area contributed by atoms with Gasteiger partial charge in [0.15, 0.2) is 0 Å². The molecule has 5 aromatic rings. The molecular weight excluding hydrogens is 644 g/mol. The molecule has 51 heavy (non-hydrogen) atoms. The average molecular weight is 685 g/mol. The molecule has 0 bridgehead atoms. The van der Waals surface area contributed by atoms with Gasteiger partial charge in [-0.05, 0) is 71.8 Å². The van der Waals surface area contributed by atoms with Crippen LogP contribution < -0.4 is 10.6 Å². The highest BCUT2D eigenvalue weighted by molar-refractivity contribution is 5.94. The van der Waals surface area contributed by atoms with Gasteiger partial charge in [0.05, 0.1) is 19.3 Å². The van der Waals surface area contributed by atoms with E-state index in [-0.39, 0.29) is 37.6 Å². The number of ether oxygens (including phenoxy) is 2. The van der Waals surface area contributed by atoms with E-state index in [9.17, 15) is 14.4 Å². The van der Waals surface area contributed by atoms with Crippen LogP contribution in [0.25, 0.3) is 22.4 Å². The topological polar surface area (TPSA) is 128 Å². The van der Waals surface area contributed by atoms with E-state index in [1.165, 1.54) is 11.1 Å². The summed E-state index contributed by atoms with van der Waals surface area (Å²) in [5.74, 6) is -0.267. The van der Waals surface area contributed by atoms with E-state index in [0.29, 0.717) is 30.9 Å². The number of carbonyl (C=O) groups excluding carboxylic acids is 3. The van der Waals surface area contributed by atoms with E-state index in [4.69, 9.17) is 9.47 Å². The van der Waals surface area contributed by atoms with Gasteiger partial charge in [-0.1, -0.05) is 84.1 Å². The summed E-state index contributed by atoms with van der Waals surface area (Å²) < 4.78 is 12.9. The zero-order valence-corrected chi connectivity index (χ0v) is 28.9. The van der Waals surface area contributed by atoms with Crippen LogP contribution >= 0.6 is 0 Å². The summed E-state index contributed by atoms with van der Waals surface area (Å²) in [7, 11) is 0. The molecule has 2 N–H and O–H groups in total. The zero-order valence-electron chi connectivity index (χ0n) is 28.9. The van der Waals surface area contributed by atoms with Crippen LogP contribution in [0.4, 0.5) is 9.59 Å². The number of nitrogens with zero attached hydrogens (tertiary/aromatic N) is 4. The first-order valence-electron chi connectivity index (χ1n) is 17.1. The fraction of sp³-hybridized carbons (Fsp3) is 0.275. The summed E-state index contributed by atoms with van der Waals surface area (Å²) in [6, 6.07) is 29.6. The minimum absolute atomic E-state index is 0.0152. The lowest BCUT2D eigenvalue weighted by Gasteiger charge is -2.24. The maximum absolute atomic E-state index is 12.8. The van der Waals surface area contributed by atoms with Gasteiger partial charge in [-0.2, -0.15) is 0 Å². The van der Waals surface area contributed by atoms with Crippen molar-refractivity contribution in [3.63, 3.8) is 0 Å². The van der Waals surface area contributed by atoms with Crippen LogP contribution in [-0.2, 0) is 29.1 Å². The standard InChI is InChI=1S/C40H40N6O5/c1-40(2,3)51-39(49)45-21-28-9-8-10-29(34(28)23-45)22-46-24-36(43-44-46)26-15-17-27(18-16-26)37(47)41-19-20-42-38(48)50-25-35-32-13-6-4-11-30(32)31-12-5-7-14-33(31)35/h4-18,24,35H,19-23,25H2,1-3H3,(H,41,47)(H,42,48). The molecule has 1 aromatic heterocycles. The number of hydrogen-bond acceptors (Lipinski definition) is 7. The molecule has 0 saturated heterocycles. The van der Waals surface area contributed by atoms with Crippen LogP contribution in [0.15, 0.2) is 97.2 Å². The van der Waals surface area contributed by atoms with Crippen LogP contribution in [0.5, 0.6) is 0 Å². The molecule has 2 aliphatic rings. The number of nitrogens with one attached hydrogen (secondary N) is 2. The second-order valence-electron chi connectivity index (χ2n) is 13.8. The molecule has 0 atom stereocenters. The van der Waals surface area contributed by atoms with Crippen LogP contribution in [-0.4, -0.2) is 63.3 Å². The predicted molar refractivity (Wildman–Crippen MR) is 192 cm³/mol. The molecule has 0 fully saturated rings. The molecule has 0 radical (unpaired) electrons. The molecule has 0 spiro atoms. The minimum Gasteiger partial charge on any atom is -0.449 e. The Kier molecular flexibility index (Phi) is 9.27. The monoisotopic (exact) mass is 684 g/mol. The van der Waals surface area contributed by atoms with E-state index in [1.54, 1.807) is 21.7 Å². The molecule has 2 heterocycles. The van der Waals surface area contributed by atoms with E-state index in [0.717, 1.165) is 33.4 Å². The second kappa shape index (κ2) is 14.1. The molecule has 11 nitrogen and oxygen atoms in total. The van der Waals surface area contributed by atoms with Crippen molar-refractivity contribution < 1.29 is 23.9 Å². The van der Waals surface area contributed by atoms with Gasteiger partial charge in [-0.3, -0.25) is 9.69 Å². The quantitative estimate of drug-likeness (QED) is 0.170. The van der Waals surface area contributed by atoms with Gasteiger partial charge < -0.3 is 20.1 Å². The van der Waals surface area contributed by atoms with E-state index >= 15 is 0 Å². The third-order valence-corrected chi connectivity index (χ3v) is 9.07. The smallest absolute Gasteiger partial charge is 0.410 e. The van der Waals surface area contributed by atoms with Crippen molar-refractivity contribution in [2.45, 2.75) is 51.9 Å². The minimum atomic E-state index is -0.555. The summed E-state index contributed by atoms with van der Waals surface area (Å²) in [6.07, 6.45) is 1.02. The summed E-state index contributed by atoms with van der Waals surface area (Å²) in [5, 5.41) is 14.2. The zero-order chi connectivity index (χ0) is 35.5. The van der Waals surface area contributed by atoms with Crippen LogP contribution in [0.1, 0.15) is 64.9 Å².